The van der Waals surface area contributed by atoms with E-state index in [9.17, 15) is 0 Å². The molecule has 0 spiro atoms. The molecular formula is C18H20N2O. The van der Waals surface area contributed by atoms with E-state index < -0.39 is 0 Å². The first-order valence-corrected chi connectivity index (χ1v) is 8.00. The molecule has 1 aromatic heterocycles. The second-order valence-electron chi connectivity index (χ2n) is 6.50. The highest BCUT2D eigenvalue weighted by Crippen LogP contribution is 2.47. The minimum Gasteiger partial charge on any atom is -0.497 e. The van der Waals surface area contributed by atoms with Crippen LogP contribution in [0.2, 0.25) is 0 Å². The van der Waals surface area contributed by atoms with Gasteiger partial charge < -0.3 is 9.30 Å². The summed E-state index contributed by atoms with van der Waals surface area (Å²) in [5.41, 5.74) is 4.43. The summed E-state index contributed by atoms with van der Waals surface area (Å²) < 4.78 is 7.85. The van der Waals surface area contributed by atoms with E-state index in [1.165, 1.54) is 43.3 Å². The van der Waals surface area contributed by atoms with Crippen molar-refractivity contribution in [3.8, 4) is 5.75 Å². The maximum absolute atomic E-state index is 5.43. The predicted molar refractivity (Wildman–Crippen MR) is 84.6 cm³/mol. The molecule has 108 valence electrons. The second-order valence-corrected chi connectivity index (χ2v) is 6.50. The third-order valence-electron chi connectivity index (χ3n) is 5.55. The predicted octanol–water partition coefficient (Wildman–Crippen LogP) is 3.44. The first kappa shape index (κ1) is 11.9. The Morgan fingerprint density at radius 3 is 3.10 bits per heavy atom. The zero-order chi connectivity index (χ0) is 14.0. The molecule has 3 aliphatic rings. The van der Waals surface area contributed by atoms with Gasteiger partial charge in [-0.3, -0.25) is 4.90 Å². The van der Waals surface area contributed by atoms with Crippen molar-refractivity contribution < 1.29 is 4.74 Å². The third kappa shape index (κ3) is 1.47. The van der Waals surface area contributed by atoms with Gasteiger partial charge in [0, 0.05) is 29.9 Å². The standard InChI is InChI=1S/C18H20N2O/c1-21-13-4-5-14-15-7-9-19-8-2-3-12-6-10-20(16(14)11-13)18(15)17(12)19/h4-6,10-12,17H,2-3,7-9H2,1H3/t12-,17-/m1/s1. The molecule has 2 aromatic rings. The number of ether oxygens (including phenoxy) is 1. The zero-order valence-electron chi connectivity index (χ0n) is 12.4. The maximum atomic E-state index is 5.43. The maximum Gasteiger partial charge on any atom is 0.120 e. The summed E-state index contributed by atoms with van der Waals surface area (Å²) >= 11 is 0. The molecule has 4 heterocycles. The Balaban J connectivity index is 1.82. The lowest BCUT2D eigenvalue weighted by Crippen LogP contribution is -2.44. The van der Waals surface area contributed by atoms with Crippen molar-refractivity contribution in [3.05, 3.63) is 35.5 Å². The van der Waals surface area contributed by atoms with Gasteiger partial charge in [-0.2, -0.15) is 0 Å². The molecule has 0 bridgehead atoms. The lowest BCUT2D eigenvalue weighted by atomic mass is 9.81. The number of nitrogens with zero attached hydrogens (tertiary/aromatic N) is 2. The Morgan fingerprint density at radius 2 is 2.19 bits per heavy atom. The molecule has 5 rings (SSSR count). The van der Waals surface area contributed by atoms with Gasteiger partial charge in [0.25, 0.3) is 0 Å². The molecule has 1 saturated heterocycles. The van der Waals surface area contributed by atoms with Crippen LogP contribution >= 0.6 is 0 Å². The van der Waals surface area contributed by atoms with Crippen molar-refractivity contribution in [2.24, 2.45) is 5.92 Å². The van der Waals surface area contributed by atoms with Crippen LogP contribution in [0.4, 0.5) is 0 Å². The van der Waals surface area contributed by atoms with Gasteiger partial charge in [-0.05, 0) is 49.4 Å². The molecule has 1 fully saturated rings. The normalized spacial score (nSPS) is 26.9. The smallest absolute Gasteiger partial charge is 0.120 e. The van der Waals surface area contributed by atoms with Crippen LogP contribution in [0.25, 0.3) is 17.1 Å². The van der Waals surface area contributed by atoms with Gasteiger partial charge in [-0.15, -0.1) is 0 Å². The first-order valence-electron chi connectivity index (χ1n) is 8.00. The third-order valence-corrected chi connectivity index (χ3v) is 5.55. The number of piperidine rings is 1. The largest absolute Gasteiger partial charge is 0.497 e. The number of rotatable bonds is 1. The summed E-state index contributed by atoms with van der Waals surface area (Å²) in [5, 5.41) is 1.42. The summed E-state index contributed by atoms with van der Waals surface area (Å²) in [6, 6.07) is 7.13. The number of hydrogen-bond donors (Lipinski definition) is 0. The molecule has 0 saturated carbocycles. The molecule has 0 N–H and O–H groups in total. The fraction of sp³-hybridized carbons (Fsp3) is 0.444. The van der Waals surface area contributed by atoms with E-state index >= 15 is 0 Å². The molecule has 0 amide bonds. The highest BCUT2D eigenvalue weighted by atomic mass is 16.5. The Kier molecular flexibility index (Phi) is 2.34. The Labute approximate surface area is 124 Å². The monoisotopic (exact) mass is 280 g/mol. The van der Waals surface area contributed by atoms with E-state index in [0.29, 0.717) is 12.0 Å². The lowest BCUT2D eigenvalue weighted by molar-refractivity contribution is 0.0982. The van der Waals surface area contributed by atoms with Gasteiger partial charge in [0.2, 0.25) is 0 Å². The minimum absolute atomic E-state index is 0.603. The molecule has 0 unspecified atom stereocenters. The SMILES string of the molecule is COc1ccc2c3c4n(c2c1)C=C[C@H]1CCCN(CC3)[C@@H]41. The Morgan fingerprint density at radius 1 is 1.24 bits per heavy atom. The van der Waals surface area contributed by atoms with Gasteiger partial charge in [0.15, 0.2) is 0 Å². The van der Waals surface area contributed by atoms with Gasteiger partial charge in [-0.25, -0.2) is 0 Å². The molecule has 0 aliphatic carbocycles. The van der Waals surface area contributed by atoms with E-state index in [1.54, 1.807) is 18.4 Å². The highest BCUT2D eigenvalue weighted by molar-refractivity contribution is 5.89. The lowest BCUT2D eigenvalue weighted by Gasteiger charge is -2.45. The van der Waals surface area contributed by atoms with Crippen LogP contribution in [0.3, 0.4) is 0 Å². The quantitative estimate of drug-likeness (QED) is 0.796. The summed E-state index contributed by atoms with van der Waals surface area (Å²) in [7, 11) is 1.74. The first-order chi connectivity index (χ1) is 10.4. The summed E-state index contributed by atoms with van der Waals surface area (Å²) in [6.45, 7) is 2.48. The summed E-state index contributed by atoms with van der Waals surface area (Å²) in [6.07, 6.45) is 8.59. The number of benzene rings is 1. The van der Waals surface area contributed by atoms with Gasteiger partial charge in [0.05, 0.1) is 18.7 Å². The van der Waals surface area contributed by atoms with Crippen molar-refractivity contribution in [3.63, 3.8) is 0 Å². The second kappa shape index (κ2) is 4.14. The number of hydrogen-bond acceptors (Lipinski definition) is 2. The van der Waals surface area contributed by atoms with Crippen molar-refractivity contribution in [2.75, 3.05) is 20.2 Å². The minimum atomic E-state index is 0.603. The molecule has 3 aliphatic heterocycles. The molecular weight excluding hydrogens is 260 g/mol. The number of aromatic nitrogens is 1. The van der Waals surface area contributed by atoms with Crippen LogP contribution in [0.5, 0.6) is 5.75 Å². The van der Waals surface area contributed by atoms with Crippen LogP contribution in [-0.2, 0) is 6.42 Å². The fourth-order valence-electron chi connectivity index (χ4n) is 4.63. The highest BCUT2D eigenvalue weighted by Gasteiger charge is 2.40. The van der Waals surface area contributed by atoms with Crippen LogP contribution in [0, 0.1) is 5.92 Å². The van der Waals surface area contributed by atoms with Crippen LogP contribution in [0.1, 0.15) is 30.1 Å². The molecule has 3 nitrogen and oxygen atoms in total. The van der Waals surface area contributed by atoms with Crippen LogP contribution in [0.15, 0.2) is 24.3 Å². The van der Waals surface area contributed by atoms with Crippen molar-refractivity contribution in [2.45, 2.75) is 25.3 Å². The average molecular weight is 280 g/mol. The fourth-order valence-corrected chi connectivity index (χ4v) is 4.63. The van der Waals surface area contributed by atoms with Gasteiger partial charge in [-0.1, -0.05) is 6.08 Å². The summed E-state index contributed by atoms with van der Waals surface area (Å²) in [5.74, 6) is 1.65. The molecule has 2 atom stereocenters. The van der Waals surface area contributed by atoms with Crippen LogP contribution in [-0.4, -0.2) is 29.7 Å². The van der Waals surface area contributed by atoms with Crippen LogP contribution < -0.4 is 4.74 Å². The summed E-state index contributed by atoms with van der Waals surface area (Å²) in [4.78, 5) is 2.70. The van der Waals surface area contributed by atoms with Crippen molar-refractivity contribution in [1.29, 1.82) is 0 Å². The van der Waals surface area contributed by atoms with E-state index in [-0.39, 0.29) is 0 Å². The molecule has 1 aromatic carbocycles. The zero-order valence-corrected chi connectivity index (χ0v) is 12.4. The van der Waals surface area contributed by atoms with Gasteiger partial charge >= 0.3 is 0 Å². The van der Waals surface area contributed by atoms with Crippen molar-refractivity contribution >= 4 is 17.1 Å². The van der Waals surface area contributed by atoms with E-state index in [0.717, 1.165) is 5.75 Å². The van der Waals surface area contributed by atoms with Gasteiger partial charge in [0.1, 0.15) is 5.75 Å². The number of fused-ring (bicyclic) bond motifs is 3. The Hall–Kier alpha value is -1.74. The molecule has 21 heavy (non-hydrogen) atoms. The van der Waals surface area contributed by atoms with E-state index in [4.69, 9.17) is 4.74 Å². The molecule has 3 heteroatoms. The molecule has 0 radical (unpaired) electrons. The van der Waals surface area contributed by atoms with Crippen molar-refractivity contribution in [1.82, 2.24) is 9.47 Å². The van der Waals surface area contributed by atoms with E-state index in [1.807, 2.05) is 0 Å². The topological polar surface area (TPSA) is 17.4 Å². The number of methoxy groups -OCH3 is 1. The Bertz CT molecular complexity index is 758. The average Bonchev–Trinajstić information content (AvgIpc) is 2.87. The van der Waals surface area contributed by atoms with E-state index in [2.05, 4.69) is 39.9 Å².